The van der Waals surface area contributed by atoms with Crippen molar-refractivity contribution < 1.29 is 0 Å². The second-order valence-corrected chi connectivity index (χ2v) is 4.49. The maximum Gasteiger partial charge on any atom is 0.160 e. The second kappa shape index (κ2) is 6.01. The van der Waals surface area contributed by atoms with Crippen LogP contribution in [0, 0.1) is 0 Å². The topological polar surface area (TPSA) is 30.7 Å². The number of halogens is 1. The molecule has 0 saturated carbocycles. The molecule has 4 heteroatoms. The summed E-state index contributed by atoms with van der Waals surface area (Å²) in [7, 11) is 0. The van der Waals surface area contributed by atoms with Crippen LogP contribution in [0.25, 0.3) is 11.2 Å². The van der Waals surface area contributed by atoms with Crippen molar-refractivity contribution in [1.82, 2.24) is 14.5 Å². The normalized spacial score (nSPS) is 11.2. The first-order valence-corrected chi connectivity index (χ1v) is 6.76. The average molecular weight is 252 g/mol. The largest absolute Gasteiger partial charge is 0.312 e. The molecule has 2 rings (SSSR count). The lowest BCUT2D eigenvalue weighted by Crippen LogP contribution is -2.03. The Morgan fingerprint density at radius 2 is 2.18 bits per heavy atom. The van der Waals surface area contributed by atoms with Crippen molar-refractivity contribution in [2.75, 3.05) is 0 Å². The van der Waals surface area contributed by atoms with E-state index in [-0.39, 0.29) is 0 Å². The molecule has 0 spiro atoms. The van der Waals surface area contributed by atoms with E-state index < -0.39 is 0 Å². The molecule has 0 aliphatic carbocycles. The van der Waals surface area contributed by atoms with Gasteiger partial charge in [-0.1, -0.05) is 26.2 Å². The lowest BCUT2D eigenvalue weighted by molar-refractivity contribution is 0.578. The van der Waals surface area contributed by atoms with Crippen LogP contribution in [0.3, 0.4) is 0 Å². The summed E-state index contributed by atoms with van der Waals surface area (Å²) in [6.07, 6.45) is 6.77. The van der Waals surface area contributed by atoms with Crippen molar-refractivity contribution >= 4 is 22.8 Å². The van der Waals surface area contributed by atoms with Crippen molar-refractivity contribution in [3.8, 4) is 0 Å². The molecule has 0 fully saturated rings. The molecule has 17 heavy (non-hydrogen) atoms. The van der Waals surface area contributed by atoms with Crippen molar-refractivity contribution in [3.63, 3.8) is 0 Å². The number of aryl methyl sites for hydroxylation is 1. The van der Waals surface area contributed by atoms with Crippen LogP contribution >= 0.6 is 11.6 Å². The molecule has 92 valence electrons. The van der Waals surface area contributed by atoms with Crippen molar-refractivity contribution in [1.29, 1.82) is 0 Å². The van der Waals surface area contributed by atoms with Crippen LogP contribution in [0.5, 0.6) is 0 Å². The third-order valence-electron chi connectivity index (χ3n) is 2.94. The number of fused-ring (bicyclic) bond motifs is 1. The summed E-state index contributed by atoms with van der Waals surface area (Å²) in [6, 6.07) is 3.90. The number of alkyl halides is 1. The molecule has 0 N–H and O–H groups in total. The first-order chi connectivity index (χ1) is 8.36. The molecule has 0 aliphatic heterocycles. The Morgan fingerprint density at radius 1 is 1.29 bits per heavy atom. The molecule has 0 aromatic carbocycles. The Labute approximate surface area is 107 Å². The zero-order valence-electron chi connectivity index (χ0n) is 10.2. The molecule has 0 saturated heterocycles. The van der Waals surface area contributed by atoms with E-state index in [2.05, 4.69) is 21.5 Å². The van der Waals surface area contributed by atoms with E-state index in [1.54, 1.807) is 0 Å². The number of hydrogen-bond donors (Lipinski definition) is 0. The highest BCUT2D eigenvalue weighted by Gasteiger charge is 2.09. The van der Waals surface area contributed by atoms with Gasteiger partial charge in [0, 0.05) is 12.7 Å². The molecule has 0 unspecified atom stereocenters. The van der Waals surface area contributed by atoms with E-state index in [1.807, 2.05) is 18.3 Å². The third-order valence-corrected chi connectivity index (χ3v) is 3.18. The summed E-state index contributed by atoms with van der Waals surface area (Å²) in [4.78, 5) is 8.89. The van der Waals surface area contributed by atoms with Gasteiger partial charge in [0.05, 0.1) is 5.88 Å². The monoisotopic (exact) mass is 251 g/mol. The predicted octanol–water partition coefficient (Wildman–Crippen LogP) is 3.75. The minimum atomic E-state index is 0.449. The summed E-state index contributed by atoms with van der Waals surface area (Å²) in [5.74, 6) is 1.38. The van der Waals surface area contributed by atoms with Crippen LogP contribution in [0.4, 0.5) is 0 Å². The Morgan fingerprint density at radius 3 is 2.94 bits per heavy atom. The molecule has 0 bridgehead atoms. The Hall–Kier alpha value is -1.09. The molecule has 0 aliphatic rings. The van der Waals surface area contributed by atoms with E-state index in [0.29, 0.717) is 5.88 Å². The zero-order chi connectivity index (χ0) is 12.1. The Balaban J connectivity index is 2.18. The molecule has 3 nitrogen and oxygen atoms in total. The second-order valence-electron chi connectivity index (χ2n) is 4.22. The smallest absolute Gasteiger partial charge is 0.160 e. The van der Waals surface area contributed by atoms with E-state index in [0.717, 1.165) is 23.5 Å². The van der Waals surface area contributed by atoms with Crippen LogP contribution in [0.15, 0.2) is 18.3 Å². The number of unbranched alkanes of at least 4 members (excludes halogenated alkanes) is 3. The minimum Gasteiger partial charge on any atom is -0.312 e. The van der Waals surface area contributed by atoms with E-state index in [9.17, 15) is 0 Å². The summed E-state index contributed by atoms with van der Waals surface area (Å²) in [5, 5.41) is 0. The highest BCUT2D eigenvalue weighted by molar-refractivity contribution is 6.16. The van der Waals surface area contributed by atoms with Crippen LogP contribution in [-0.4, -0.2) is 14.5 Å². The van der Waals surface area contributed by atoms with Gasteiger partial charge in [0.15, 0.2) is 5.65 Å². The third kappa shape index (κ3) is 2.78. The molecule has 2 heterocycles. The number of imidazole rings is 1. The average Bonchev–Trinajstić information content (AvgIpc) is 2.73. The van der Waals surface area contributed by atoms with Crippen molar-refractivity contribution in [2.24, 2.45) is 0 Å². The van der Waals surface area contributed by atoms with Gasteiger partial charge in [-0.15, -0.1) is 11.6 Å². The molecule has 0 amide bonds. The first-order valence-electron chi connectivity index (χ1n) is 6.23. The molecular formula is C13H18ClN3. The van der Waals surface area contributed by atoms with E-state index in [1.165, 1.54) is 25.7 Å². The van der Waals surface area contributed by atoms with Crippen molar-refractivity contribution in [2.45, 2.75) is 45.0 Å². The van der Waals surface area contributed by atoms with Gasteiger partial charge in [-0.25, -0.2) is 9.97 Å². The quantitative estimate of drug-likeness (QED) is 0.578. The lowest BCUT2D eigenvalue weighted by atomic mass is 10.2. The number of aromatic nitrogens is 3. The van der Waals surface area contributed by atoms with Crippen LogP contribution in [0.1, 0.15) is 38.4 Å². The number of hydrogen-bond acceptors (Lipinski definition) is 2. The predicted molar refractivity (Wildman–Crippen MR) is 71.2 cm³/mol. The van der Waals surface area contributed by atoms with Crippen molar-refractivity contribution in [3.05, 3.63) is 24.2 Å². The Kier molecular flexibility index (Phi) is 4.37. The summed E-state index contributed by atoms with van der Waals surface area (Å²) in [6.45, 7) is 3.19. The van der Waals surface area contributed by atoms with Gasteiger partial charge in [0.25, 0.3) is 0 Å². The summed E-state index contributed by atoms with van der Waals surface area (Å²) < 4.78 is 2.15. The standard InChI is InChI=1S/C13H18ClN3/c1-2-3-4-5-9-17-12(10-14)16-11-7-6-8-15-13(11)17/h6-8H,2-5,9-10H2,1H3. The fourth-order valence-corrected chi connectivity index (χ4v) is 2.24. The van der Waals surface area contributed by atoms with Gasteiger partial charge >= 0.3 is 0 Å². The fourth-order valence-electron chi connectivity index (χ4n) is 2.04. The van der Waals surface area contributed by atoms with Crippen LogP contribution < -0.4 is 0 Å². The van der Waals surface area contributed by atoms with Gasteiger partial charge in [0.2, 0.25) is 0 Å². The SMILES string of the molecule is CCCCCCn1c(CCl)nc2cccnc21. The molecule has 0 radical (unpaired) electrons. The van der Waals surface area contributed by atoms with Gasteiger partial charge in [-0.3, -0.25) is 0 Å². The van der Waals surface area contributed by atoms with Gasteiger partial charge in [-0.05, 0) is 18.6 Å². The minimum absolute atomic E-state index is 0.449. The molecular weight excluding hydrogens is 234 g/mol. The van der Waals surface area contributed by atoms with Gasteiger partial charge in [0.1, 0.15) is 11.3 Å². The van der Waals surface area contributed by atoms with Gasteiger partial charge in [-0.2, -0.15) is 0 Å². The number of pyridine rings is 1. The van der Waals surface area contributed by atoms with Gasteiger partial charge < -0.3 is 4.57 Å². The van der Waals surface area contributed by atoms with E-state index in [4.69, 9.17) is 11.6 Å². The van der Waals surface area contributed by atoms with E-state index >= 15 is 0 Å². The Bertz CT molecular complexity index is 478. The van der Waals surface area contributed by atoms with Crippen LogP contribution in [0.2, 0.25) is 0 Å². The summed E-state index contributed by atoms with van der Waals surface area (Å²) in [5.41, 5.74) is 1.90. The maximum absolute atomic E-state index is 5.93. The maximum atomic E-state index is 5.93. The molecule has 0 atom stereocenters. The zero-order valence-corrected chi connectivity index (χ0v) is 11.0. The van der Waals surface area contributed by atoms with Crippen LogP contribution in [-0.2, 0) is 12.4 Å². The lowest BCUT2D eigenvalue weighted by Gasteiger charge is -2.06. The number of rotatable bonds is 6. The number of nitrogens with zero attached hydrogens (tertiary/aromatic N) is 3. The highest BCUT2D eigenvalue weighted by Crippen LogP contribution is 2.16. The molecule has 2 aromatic rings. The summed E-state index contributed by atoms with van der Waals surface area (Å²) >= 11 is 5.93. The molecule has 2 aromatic heterocycles. The highest BCUT2D eigenvalue weighted by atomic mass is 35.5. The first kappa shape index (κ1) is 12.4. The fraction of sp³-hybridized carbons (Fsp3) is 0.538.